The van der Waals surface area contributed by atoms with Crippen LogP contribution in [0.4, 0.5) is 0 Å². The molecule has 1 saturated heterocycles. The summed E-state index contributed by atoms with van der Waals surface area (Å²) in [5, 5.41) is 3.48. The van der Waals surface area contributed by atoms with Gasteiger partial charge in [0.2, 0.25) is 0 Å². The average Bonchev–Trinajstić information content (AvgIpc) is 2.92. The van der Waals surface area contributed by atoms with Crippen molar-refractivity contribution < 1.29 is 0 Å². The predicted molar refractivity (Wildman–Crippen MR) is 101 cm³/mol. The van der Waals surface area contributed by atoms with Crippen molar-refractivity contribution in [1.29, 1.82) is 0 Å². The van der Waals surface area contributed by atoms with Crippen LogP contribution in [-0.4, -0.2) is 31.1 Å². The van der Waals surface area contributed by atoms with Crippen LogP contribution in [0.15, 0.2) is 42.5 Å². The second kappa shape index (κ2) is 6.02. The maximum Gasteiger partial charge on any atom is 0.0397 e. The summed E-state index contributed by atoms with van der Waals surface area (Å²) in [6.07, 6.45) is 1.08. The summed E-state index contributed by atoms with van der Waals surface area (Å²) < 4.78 is 0. The third kappa shape index (κ3) is 2.78. The highest BCUT2D eigenvalue weighted by Gasteiger charge is 2.33. The van der Waals surface area contributed by atoms with Gasteiger partial charge in [-0.1, -0.05) is 63.2 Å². The molecule has 126 valence electrons. The third-order valence-corrected chi connectivity index (χ3v) is 5.47. The standard InChI is InChI=1S/C22H28N2/c1-22(2,3)21(24-12-10-23-11-13-24)17-8-9-20-18(15-17)14-16-6-4-5-7-19(16)20/h4-9,15,21,23H,10-14H2,1-3H3/t21-/m0/s1. The number of benzene rings is 2. The Morgan fingerprint density at radius 2 is 1.62 bits per heavy atom. The van der Waals surface area contributed by atoms with Gasteiger partial charge in [0, 0.05) is 32.2 Å². The second-order valence-electron chi connectivity index (χ2n) is 8.31. The number of hydrogen-bond donors (Lipinski definition) is 1. The van der Waals surface area contributed by atoms with E-state index in [2.05, 4.69) is 73.5 Å². The Morgan fingerprint density at radius 3 is 2.38 bits per heavy atom. The molecule has 1 aliphatic carbocycles. The Bertz CT molecular complexity index is 736. The number of hydrogen-bond acceptors (Lipinski definition) is 2. The first-order chi connectivity index (χ1) is 11.5. The molecule has 0 radical (unpaired) electrons. The Morgan fingerprint density at radius 1 is 0.917 bits per heavy atom. The first-order valence-corrected chi connectivity index (χ1v) is 9.20. The van der Waals surface area contributed by atoms with E-state index >= 15 is 0 Å². The first kappa shape index (κ1) is 15.9. The van der Waals surface area contributed by atoms with Crippen LogP contribution in [0, 0.1) is 5.41 Å². The summed E-state index contributed by atoms with van der Waals surface area (Å²) in [7, 11) is 0. The normalized spacial score (nSPS) is 19.0. The Hall–Kier alpha value is -1.64. The van der Waals surface area contributed by atoms with Gasteiger partial charge >= 0.3 is 0 Å². The second-order valence-corrected chi connectivity index (χ2v) is 8.31. The maximum atomic E-state index is 3.48. The molecule has 1 heterocycles. The van der Waals surface area contributed by atoms with Crippen LogP contribution >= 0.6 is 0 Å². The molecule has 0 amide bonds. The molecule has 1 atom stereocenters. The number of fused-ring (bicyclic) bond motifs is 3. The maximum absolute atomic E-state index is 3.48. The highest BCUT2D eigenvalue weighted by atomic mass is 15.2. The number of piperazine rings is 1. The van der Waals surface area contributed by atoms with E-state index in [1.54, 1.807) is 0 Å². The predicted octanol–water partition coefficient (Wildman–Crippen LogP) is 4.25. The molecule has 2 aliphatic rings. The lowest BCUT2D eigenvalue weighted by Crippen LogP contribution is -2.48. The Kier molecular flexibility index (Phi) is 3.98. The zero-order valence-electron chi connectivity index (χ0n) is 15.1. The zero-order valence-corrected chi connectivity index (χ0v) is 15.1. The SMILES string of the molecule is CC(C)(C)[C@H](c1ccc2c(c1)Cc1ccccc1-2)N1CCNCC1. The summed E-state index contributed by atoms with van der Waals surface area (Å²) in [6.45, 7) is 11.6. The molecule has 2 nitrogen and oxygen atoms in total. The van der Waals surface area contributed by atoms with Crippen molar-refractivity contribution in [2.75, 3.05) is 26.2 Å². The van der Waals surface area contributed by atoms with E-state index in [0.29, 0.717) is 6.04 Å². The van der Waals surface area contributed by atoms with Crippen molar-refractivity contribution in [2.45, 2.75) is 33.2 Å². The highest BCUT2D eigenvalue weighted by molar-refractivity contribution is 5.77. The highest BCUT2D eigenvalue weighted by Crippen LogP contribution is 2.42. The number of nitrogens with zero attached hydrogens (tertiary/aromatic N) is 1. The lowest BCUT2D eigenvalue weighted by molar-refractivity contribution is 0.0862. The lowest BCUT2D eigenvalue weighted by Gasteiger charge is -2.42. The third-order valence-electron chi connectivity index (χ3n) is 5.47. The fourth-order valence-corrected chi connectivity index (χ4v) is 4.53. The van der Waals surface area contributed by atoms with E-state index < -0.39 is 0 Å². The molecule has 0 bridgehead atoms. The molecule has 2 aromatic carbocycles. The van der Waals surface area contributed by atoms with Crippen molar-refractivity contribution in [3.05, 3.63) is 59.2 Å². The molecule has 1 aliphatic heterocycles. The van der Waals surface area contributed by atoms with Gasteiger partial charge in [0.15, 0.2) is 0 Å². The van der Waals surface area contributed by atoms with E-state index in [0.717, 1.165) is 32.6 Å². The van der Waals surface area contributed by atoms with E-state index in [1.165, 1.54) is 27.8 Å². The van der Waals surface area contributed by atoms with Crippen LogP contribution < -0.4 is 5.32 Å². The van der Waals surface area contributed by atoms with Crippen LogP contribution in [0.3, 0.4) is 0 Å². The zero-order chi connectivity index (χ0) is 16.7. The van der Waals surface area contributed by atoms with Crippen molar-refractivity contribution >= 4 is 0 Å². The summed E-state index contributed by atoms with van der Waals surface area (Å²) >= 11 is 0. The molecule has 4 rings (SSSR count). The molecule has 0 saturated carbocycles. The van der Waals surface area contributed by atoms with Gasteiger partial charge < -0.3 is 5.32 Å². The molecule has 0 aromatic heterocycles. The average molecular weight is 320 g/mol. The van der Waals surface area contributed by atoms with Gasteiger partial charge in [0.25, 0.3) is 0 Å². The monoisotopic (exact) mass is 320 g/mol. The first-order valence-electron chi connectivity index (χ1n) is 9.20. The van der Waals surface area contributed by atoms with Crippen LogP contribution in [0.5, 0.6) is 0 Å². The topological polar surface area (TPSA) is 15.3 Å². The summed E-state index contributed by atoms with van der Waals surface area (Å²) in [5.74, 6) is 0. The van der Waals surface area contributed by atoms with Crippen molar-refractivity contribution in [2.24, 2.45) is 5.41 Å². The van der Waals surface area contributed by atoms with Crippen LogP contribution in [-0.2, 0) is 6.42 Å². The molecule has 24 heavy (non-hydrogen) atoms. The van der Waals surface area contributed by atoms with Gasteiger partial charge in [0.05, 0.1) is 0 Å². The fraction of sp³-hybridized carbons (Fsp3) is 0.455. The van der Waals surface area contributed by atoms with E-state index in [1.807, 2.05) is 0 Å². The van der Waals surface area contributed by atoms with Crippen molar-refractivity contribution in [3.63, 3.8) is 0 Å². The van der Waals surface area contributed by atoms with Crippen LogP contribution in [0.1, 0.15) is 43.5 Å². The fourth-order valence-electron chi connectivity index (χ4n) is 4.53. The summed E-state index contributed by atoms with van der Waals surface area (Å²) in [6, 6.07) is 16.5. The lowest BCUT2D eigenvalue weighted by atomic mass is 9.80. The van der Waals surface area contributed by atoms with E-state index in [-0.39, 0.29) is 5.41 Å². The van der Waals surface area contributed by atoms with Gasteiger partial charge in [0.1, 0.15) is 0 Å². The quantitative estimate of drug-likeness (QED) is 0.759. The smallest absolute Gasteiger partial charge is 0.0397 e. The van der Waals surface area contributed by atoms with Gasteiger partial charge in [-0.3, -0.25) is 4.90 Å². The Labute approximate surface area is 145 Å². The summed E-state index contributed by atoms with van der Waals surface area (Å²) in [4.78, 5) is 2.67. The molecule has 0 spiro atoms. The molecule has 2 aromatic rings. The van der Waals surface area contributed by atoms with Gasteiger partial charge in [-0.15, -0.1) is 0 Å². The molecule has 1 N–H and O–H groups in total. The number of nitrogens with one attached hydrogen (secondary N) is 1. The largest absolute Gasteiger partial charge is 0.314 e. The minimum atomic E-state index is 0.233. The van der Waals surface area contributed by atoms with Gasteiger partial charge in [-0.2, -0.15) is 0 Å². The van der Waals surface area contributed by atoms with Crippen LogP contribution in [0.2, 0.25) is 0 Å². The molecular weight excluding hydrogens is 292 g/mol. The molecule has 0 unspecified atom stereocenters. The van der Waals surface area contributed by atoms with Gasteiger partial charge in [-0.05, 0) is 39.7 Å². The van der Waals surface area contributed by atoms with Crippen molar-refractivity contribution in [3.8, 4) is 11.1 Å². The van der Waals surface area contributed by atoms with E-state index in [4.69, 9.17) is 0 Å². The van der Waals surface area contributed by atoms with Crippen LogP contribution in [0.25, 0.3) is 11.1 Å². The van der Waals surface area contributed by atoms with Crippen molar-refractivity contribution in [1.82, 2.24) is 10.2 Å². The minimum absolute atomic E-state index is 0.233. The number of rotatable bonds is 2. The Balaban J connectivity index is 1.71. The van der Waals surface area contributed by atoms with E-state index in [9.17, 15) is 0 Å². The van der Waals surface area contributed by atoms with Gasteiger partial charge in [-0.25, -0.2) is 0 Å². The molecule has 2 heteroatoms. The minimum Gasteiger partial charge on any atom is -0.314 e. The molecule has 1 fully saturated rings. The molecular formula is C22H28N2. The summed E-state index contributed by atoms with van der Waals surface area (Å²) in [5.41, 5.74) is 7.54.